The van der Waals surface area contributed by atoms with Crippen molar-refractivity contribution >= 4 is 17.4 Å². The summed E-state index contributed by atoms with van der Waals surface area (Å²) in [7, 11) is 0. The van der Waals surface area contributed by atoms with Gasteiger partial charge >= 0.3 is 0 Å². The zero-order chi connectivity index (χ0) is 20.3. The zero-order valence-corrected chi connectivity index (χ0v) is 17.3. The molecule has 1 fully saturated rings. The monoisotopic (exact) mass is 384 g/mol. The number of amides is 2. The number of carbonyl (C=O) groups excluding carboxylic acids is 2. The molecule has 2 heterocycles. The third-order valence-electron chi connectivity index (χ3n) is 6.02. The van der Waals surface area contributed by atoms with Gasteiger partial charge in [0.2, 0.25) is 0 Å². The van der Waals surface area contributed by atoms with Crippen molar-refractivity contribution in [2.75, 3.05) is 26.2 Å². The van der Waals surface area contributed by atoms with Gasteiger partial charge < -0.3 is 10.0 Å². The van der Waals surface area contributed by atoms with Crippen LogP contribution < -0.4 is 0 Å². The SMILES string of the molecule is CCCCCN1C(=O)C(c2ccc(C)c(C)c2)=C(N2CCCC(CO)C2)C1=O. The average Bonchev–Trinajstić information content (AvgIpc) is 2.95. The first kappa shape index (κ1) is 20.6. The first-order valence-corrected chi connectivity index (χ1v) is 10.5. The number of piperidine rings is 1. The molecule has 0 saturated carbocycles. The lowest BCUT2D eigenvalue weighted by molar-refractivity contribution is -0.137. The summed E-state index contributed by atoms with van der Waals surface area (Å²) < 4.78 is 0. The van der Waals surface area contributed by atoms with E-state index in [1.807, 2.05) is 36.9 Å². The van der Waals surface area contributed by atoms with Crippen molar-refractivity contribution in [3.8, 4) is 0 Å². The van der Waals surface area contributed by atoms with Crippen LogP contribution in [0.5, 0.6) is 0 Å². The first-order valence-electron chi connectivity index (χ1n) is 10.5. The van der Waals surface area contributed by atoms with Crippen LogP contribution in [0.25, 0.3) is 5.57 Å². The van der Waals surface area contributed by atoms with E-state index in [4.69, 9.17) is 0 Å². The minimum absolute atomic E-state index is 0.116. The lowest BCUT2D eigenvalue weighted by Gasteiger charge is -2.34. The Labute approximate surface area is 168 Å². The molecular formula is C23H32N2O3. The number of hydrogen-bond acceptors (Lipinski definition) is 4. The first-order chi connectivity index (χ1) is 13.5. The number of aryl methyl sites for hydroxylation is 2. The molecule has 0 radical (unpaired) electrons. The highest BCUT2D eigenvalue weighted by Crippen LogP contribution is 2.34. The Morgan fingerprint density at radius 3 is 2.57 bits per heavy atom. The fraction of sp³-hybridized carbons (Fsp3) is 0.565. The van der Waals surface area contributed by atoms with E-state index in [-0.39, 0.29) is 24.3 Å². The van der Waals surface area contributed by atoms with Crippen LogP contribution in [0.1, 0.15) is 55.7 Å². The van der Waals surface area contributed by atoms with Crippen LogP contribution >= 0.6 is 0 Å². The van der Waals surface area contributed by atoms with Gasteiger partial charge in [-0.3, -0.25) is 14.5 Å². The number of hydrogen-bond donors (Lipinski definition) is 1. The van der Waals surface area contributed by atoms with E-state index < -0.39 is 0 Å². The Morgan fingerprint density at radius 2 is 1.89 bits per heavy atom. The van der Waals surface area contributed by atoms with E-state index >= 15 is 0 Å². The molecule has 1 atom stereocenters. The molecule has 0 aliphatic carbocycles. The van der Waals surface area contributed by atoms with Gasteiger partial charge in [0.15, 0.2) is 0 Å². The summed E-state index contributed by atoms with van der Waals surface area (Å²) in [4.78, 5) is 30.0. The number of carbonyl (C=O) groups is 2. The maximum Gasteiger partial charge on any atom is 0.277 e. The molecule has 2 aliphatic heterocycles. The minimum atomic E-state index is -0.175. The van der Waals surface area contributed by atoms with Gasteiger partial charge in [-0.1, -0.05) is 38.0 Å². The second-order valence-corrected chi connectivity index (χ2v) is 8.13. The summed E-state index contributed by atoms with van der Waals surface area (Å²) in [6.45, 7) is 8.15. The highest BCUT2D eigenvalue weighted by Gasteiger charge is 2.42. The topological polar surface area (TPSA) is 60.9 Å². The van der Waals surface area contributed by atoms with Gasteiger partial charge in [-0.25, -0.2) is 0 Å². The lowest BCUT2D eigenvalue weighted by atomic mass is 9.96. The fourth-order valence-corrected chi connectivity index (χ4v) is 4.15. The van der Waals surface area contributed by atoms with Crippen LogP contribution in [0.2, 0.25) is 0 Å². The smallest absolute Gasteiger partial charge is 0.277 e. The number of unbranched alkanes of at least 4 members (excludes halogenated alkanes) is 2. The van der Waals surface area contributed by atoms with Crippen molar-refractivity contribution in [1.82, 2.24) is 9.80 Å². The van der Waals surface area contributed by atoms with E-state index in [0.717, 1.165) is 49.8 Å². The second-order valence-electron chi connectivity index (χ2n) is 8.13. The van der Waals surface area contributed by atoms with Crippen molar-refractivity contribution in [3.05, 3.63) is 40.6 Å². The third kappa shape index (κ3) is 4.00. The molecule has 28 heavy (non-hydrogen) atoms. The number of aliphatic hydroxyl groups is 1. The molecule has 0 aromatic heterocycles. The molecule has 5 nitrogen and oxygen atoms in total. The molecule has 1 aromatic rings. The molecule has 0 bridgehead atoms. The molecule has 0 spiro atoms. The van der Waals surface area contributed by atoms with Gasteiger partial charge in [-0.15, -0.1) is 0 Å². The van der Waals surface area contributed by atoms with E-state index in [9.17, 15) is 14.7 Å². The number of likely N-dealkylation sites (tertiary alicyclic amines) is 1. The predicted octanol–water partition coefficient (Wildman–Crippen LogP) is 3.28. The zero-order valence-electron chi connectivity index (χ0n) is 17.3. The molecule has 1 N–H and O–H groups in total. The number of aliphatic hydroxyl groups excluding tert-OH is 1. The molecule has 152 valence electrons. The predicted molar refractivity (Wildman–Crippen MR) is 110 cm³/mol. The average molecular weight is 385 g/mol. The summed E-state index contributed by atoms with van der Waals surface area (Å²) in [5, 5.41) is 9.61. The fourth-order valence-electron chi connectivity index (χ4n) is 4.15. The van der Waals surface area contributed by atoms with E-state index in [1.54, 1.807) is 0 Å². The summed E-state index contributed by atoms with van der Waals surface area (Å²) in [5.41, 5.74) is 4.16. The van der Waals surface area contributed by atoms with Crippen molar-refractivity contribution in [3.63, 3.8) is 0 Å². The third-order valence-corrected chi connectivity index (χ3v) is 6.02. The number of benzene rings is 1. The van der Waals surface area contributed by atoms with Gasteiger partial charge in [0.25, 0.3) is 11.8 Å². The Hall–Kier alpha value is -2.14. The van der Waals surface area contributed by atoms with Crippen LogP contribution in [0.15, 0.2) is 23.9 Å². The van der Waals surface area contributed by atoms with Crippen molar-refractivity contribution < 1.29 is 14.7 Å². The highest BCUT2D eigenvalue weighted by atomic mass is 16.3. The van der Waals surface area contributed by atoms with Crippen LogP contribution in [-0.4, -0.2) is 53.0 Å². The number of nitrogens with zero attached hydrogens (tertiary/aromatic N) is 2. The molecule has 1 saturated heterocycles. The van der Waals surface area contributed by atoms with Crippen LogP contribution in [0.3, 0.4) is 0 Å². The molecule has 1 unspecified atom stereocenters. The van der Waals surface area contributed by atoms with Gasteiger partial charge in [0.1, 0.15) is 5.70 Å². The van der Waals surface area contributed by atoms with E-state index in [2.05, 4.69) is 6.92 Å². The normalized spacial score (nSPS) is 20.5. The Kier molecular flexibility index (Phi) is 6.55. The highest BCUT2D eigenvalue weighted by molar-refractivity contribution is 6.35. The molecule has 3 rings (SSSR count). The van der Waals surface area contributed by atoms with Crippen LogP contribution in [0, 0.1) is 19.8 Å². The largest absolute Gasteiger partial charge is 0.396 e. The summed E-state index contributed by atoms with van der Waals surface area (Å²) >= 11 is 0. The van der Waals surface area contributed by atoms with E-state index in [1.165, 1.54) is 10.5 Å². The second kappa shape index (κ2) is 8.91. The van der Waals surface area contributed by atoms with E-state index in [0.29, 0.717) is 24.4 Å². The quantitative estimate of drug-likeness (QED) is 0.579. The van der Waals surface area contributed by atoms with Gasteiger partial charge in [-0.2, -0.15) is 0 Å². The maximum absolute atomic E-state index is 13.3. The molecule has 5 heteroatoms. The number of rotatable bonds is 7. The Balaban J connectivity index is 2.01. The van der Waals surface area contributed by atoms with Gasteiger partial charge in [0, 0.05) is 26.2 Å². The minimum Gasteiger partial charge on any atom is -0.396 e. The van der Waals surface area contributed by atoms with Crippen molar-refractivity contribution in [2.24, 2.45) is 5.92 Å². The maximum atomic E-state index is 13.3. The van der Waals surface area contributed by atoms with Crippen LogP contribution in [0.4, 0.5) is 0 Å². The molecule has 2 amide bonds. The number of imide groups is 1. The van der Waals surface area contributed by atoms with Crippen LogP contribution in [-0.2, 0) is 9.59 Å². The Bertz CT molecular complexity index is 784. The standard InChI is InChI=1S/C23H32N2O3/c1-4-5-6-12-25-22(27)20(19-10-9-16(2)17(3)13-19)21(23(25)28)24-11-7-8-18(14-24)15-26/h9-10,13,18,26H,4-8,11-12,14-15H2,1-3H3. The summed E-state index contributed by atoms with van der Waals surface area (Å²) in [6, 6.07) is 5.98. The van der Waals surface area contributed by atoms with Crippen molar-refractivity contribution in [1.29, 1.82) is 0 Å². The molecule has 1 aromatic carbocycles. The van der Waals surface area contributed by atoms with Gasteiger partial charge in [-0.05, 0) is 55.7 Å². The molecule has 2 aliphatic rings. The molecular weight excluding hydrogens is 352 g/mol. The Morgan fingerprint density at radius 1 is 1.11 bits per heavy atom. The van der Waals surface area contributed by atoms with Gasteiger partial charge in [0.05, 0.1) is 5.57 Å². The summed E-state index contributed by atoms with van der Waals surface area (Å²) in [6.07, 6.45) is 4.76. The van der Waals surface area contributed by atoms with Crippen molar-refractivity contribution in [2.45, 2.75) is 52.9 Å². The lowest BCUT2D eigenvalue weighted by Crippen LogP contribution is -2.40. The summed E-state index contributed by atoms with van der Waals surface area (Å²) in [5.74, 6) is -0.197.